The average molecular weight is 342 g/mol. The topological polar surface area (TPSA) is 102 Å². The van der Waals surface area contributed by atoms with E-state index in [1.165, 1.54) is 0 Å². The summed E-state index contributed by atoms with van der Waals surface area (Å²) >= 11 is 0. The van der Waals surface area contributed by atoms with Crippen LogP contribution >= 0.6 is 0 Å². The molecule has 0 radical (unpaired) electrons. The van der Waals surface area contributed by atoms with Crippen LogP contribution in [0.3, 0.4) is 0 Å². The highest BCUT2D eigenvalue weighted by Crippen LogP contribution is 2.28. The molecule has 0 aromatic heterocycles. The summed E-state index contributed by atoms with van der Waals surface area (Å²) in [6.45, 7) is 6.64. The van der Waals surface area contributed by atoms with Crippen LogP contribution in [0, 0.1) is 16.7 Å². The Hall–Kier alpha value is -2.88. The third kappa shape index (κ3) is 3.63. The van der Waals surface area contributed by atoms with Gasteiger partial charge in [0.15, 0.2) is 0 Å². The number of nitrogens with zero attached hydrogens (tertiary/aromatic N) is 2. The number of nitriles is 1. The van der Waals surface area contributed by atoms with Crippen LogP contribution in [0.2, 0.25) is 0 Å². The number of carbonyl (C=O) groups excluding carboxylic acids is 3. The van der Waals surface area contributed by atoms with Crippen LogP contribution in [0.1, 0.15) is 33.3 Å². The van der Waals surface area contributed by atoms with Gasteiger partial charge in [-0.1, -0.05) is 51.1 Å². The minimum absolute atomic E-state index is 0.429. The SMILES string of the molecule is CC(C)(C)[C@@H](C#N)NC(=O)CN1C(=O)N[C@](C)(c2ccccc2)C1=O. The number of imide groups is 1. The molecule has 2 atom stereocenters. The normalized spacial score (nSPS) is 21.5. The molecule has 1 aromatic carbocycles. The van der Waals surface area contributed by atoms with Gasteiger partial charge in [0.25, 0.3) is 5.91 Å². The quantitative estimate of drug-likeness (QED) is 0.810. The van der Waals surface area contributed by atoms with Crippen LogP contribution in [0.25, 0.3) is 0 Å². The van der Waals surface area contributed by atoms with E-state index < -0.39 is 41.4 Å². The third-order valence-corrected chi connectivity index (χ3v) is 4.23. The second-order valence-electron chi connectivity index (χ2n) is 7.31. The predicted octanol–water partition coefficient (Wildman–Crippen LogP) is 1.51. The lowest BCUT2D eigenvalue weighted by Gasteiger charge is -2.26. The Kier molecular flexibility index (Phi) is 4.84. The van der Waals surface area contributed by atoms with Crippen molar-refractivity contribution < 1.29 is 14.4 Å². The van der Waals surface area contributed by atoms with Gasteiger partial charge in [0.1, 0.15) is 18.1 Å². The van der Waals surface area contributed by atoms with Crippen molar-refractivity contribution in [2.24, 2.45) is 5.41 Å². The summed E-state index contributed by atoms with van der Waals surface area (Å²) in [6.07, 6.45) is 0. The van der Waals surface area contributed by atoms with Crippen molar-refractivity contribution in [3.8, 4) is 6.07 Å². The molecule has 1 fully saturated rings. The van der Waals surface area contributed by atoms with Crippen molar-refractivity contribution in [1.82, 2.24) is 15.5 Å². The van der Waals surface area contributed by atoms with Crippen LogP contribution in [0.5, 0.6) is 0 Å². The zero-order valence-corrected chi connectivity index (χ0v) is 14.8. The molecule has 7 nitrogen and oxygen atoms in total. The van der Waals surface area contributed by atoms with Crippen molar-refractivity contribution in [3.63, 3.8) is 0 Å². The van der Waals surface area contributed by atoms with E-state index in [1.54, 1.807) is 31.2 Å². The summed E-state index contributed by atoms with van der Waals surface area (Å²) in [5.74, 6) is -1.05. The monoisotopic (exact) mass is 342 g/mol. The molecule has 1 saturated heterocycles. The lowest BCUT2D eigenvalue weighted by Crippen LogP contribution is -2.48. The first-order chi connectivity index (χ1) is 11.6. The van der Waals surface area contributed by atoms with E-state index in [-0.39, 0.29) is 0 Å². The lowest BCUT2D eigenvalue weighted by molar-refractivity contribution is -0.135. The van der Waals surface area contributed by atoms with Gasteiger partial charge in [-0.15, -0.1) is 0 Å². The van der Waals surface area contributed by atoms with Gasteiger partial charge in [-0.25, -0.2) is 4.79 Å². The zero-order chi connectivity index (χ0) is 18.8. The van der Waals surface area contributed by atoms with Gasteiger partial charge in [0.05, 0.1) is 6.07 Å². The first kappa shape index (κ1) is 18.5. The molecule has 132 valence electrons. The maximum absolute atomic E-state index is 12.7. The number of hydrogen-bond donors (Lipinski definition) is 2. The van der Waals surface area contributed by atoms with Crippen LogP contribution in [0.4, 0.5) is 4.79 Å². The van der Waals surface area contributed by atoms with E-state index >= 15 is 0 Å². The van der Waals surface area contributed by atoms with Crippen molar-refractivity contribution in [2.75, 3.05) is 6.54 Å². The van der Waals surface area contributed by atoms with Gasteiger partial charge in [-0.3, -0.25) is 14.5 Å². The van der Waals surface area contributed by atoms with Gasteiger partial charge < -0.3 is 10.6 Å². The second-order valence-corrected chi connectivity index (χ2v) is 7.31. The molecular formula is C18H22N4O3. The molecular weight excluding hydrogens is 320 g/mol. The van der Waals surface area contributed by atoms with Crippen LogP contribution < -0.4 is 10.6 Å². The van der Waals surface area contributed by atoms with E-state index in [1.807, 2.05) is 32.9 Å². The maximum atomic E-state index is 12.7. The second kappa shape index (κ2) is 6.55. The predicted molar refractivity (Wildman–Crippen MR) is 91.0 cm³/mol. The molecule has 0 aliphatic carbocycles. The van der Waals surface area contributed by atoms with E-state index in [4.69, 9.17) is 0 Å². The highest BCUT2D eigenvalue weighted by Gasteiger charge is 2.49. The number of benzene rings is 1. The highest BCUT2D eigenvalue weighted by molar-refractivity contribution is 6.09. The van der Waals surface area contributed by atoms with Crippen LogP contribution in [-0.4, -0.2) is 35.3 Å². The maximum Gasteiger partial charge on any atom is 0.325 e. The first-order valence-electron chi connectivity index (χ1n) is 7.98. The molecule has 1 aliphatic rings. The molecule has 1 heterocycles. The molecule has 2 rings (SSSR count). The highest BCUT2D eigenvalue weighted by atomic mass is 16.2. The summed E-state index contributed by atoms with van der Waals surface area (Å²) in [5.41, 5.74) is -1.03. The Balaban J connectivity index is 2.14. The van der Waals surface area contributed by atoms with E-state index in [9.17, 15) is 19.6 Å². The Labute approximate surface area is 147 Å². The molecule has 0 bridgehead atoms. The minimum Gasteiger partial charge on any atom is -0.338 e. The van der Waals surface area contributed by atoms with Gasteiger partial charge in [-0.05, 0) is 17.9 Å². The number of nitrogens with one attached hydrogen (secondary N) is 2. The minimum atomic E-state index is -1.21. The number of amides is 4. The number of carbonyl (C=O) groups is 3. The van der Waals surface area contributed by atoms with E-state index in [2.05, 4.69) is 10.6 Å². The Bertz CT molecular complexity index is 733. The molecule has 4 amide bonds. The molecule has 7 heteroatoms. The summed E-state index contributed by atoms with van der Waals surface area (Å²) in [6, 6.07) is 9.52. The zero-order valence-electron chi connectivity index (χ0n) is 14.8. The van der Waals surface area contributed by atoms with Crippen molar-refractivity contribution in [3.05, 3.63) is 35.9 Å². The number of hydrogen-bond acceptors (Lipinski definition) is 4. The molecule has 1 aliphatic heterocycles. The average Bonchev–Trinajstić information content (AvgIpc) is 2.76. The summed E-state index contributed by atoms with van der Waals surface area (Å²) in [7, 11) is 0. The van der Waals surface area contributed by atoms with Crippen LogP contribution in [-0.2, 0) is 15.1 Å². The van der Waals surface area contributed by atoms with E-state index in [0.717, 1.165) is 4.90 Å². The van der Waals surface area contributed by atoms with Gasteiger partial charge in [-0.2, -0.15) is 5.26 Å². The Morgan fingerprint density at radius 3 is 2.44 bits per heavy atom. The lowest BCUT2D eigenvalue weighted by atomic mass is 9.87. The van der Waals surface area contributed by atoms with Gasteiger partial charge in [0, 0.05) is 0 Å². The third-order valence-electron chi connectivity index (χ3n) is 4.23. The smallest absolute Gasteiger partial charge is 0.325 e. The molecule has 1 aromatic rings. The number of urea groups is 1. The Morgan fingerprint density at radius 1 is 1.32 bits per heavy atom. The van der Waals surface area contributed by atoms with Crippen molar-refractivity contribution >= 4 is 17.8 Å². The summed E-state index contributed by atoms with van der Waals surface area (Å²) < 4.78 is 0. The molecule has 0 spiro atoms. The number of rotatable bonds is 4. The molecule has 2 N–H and O–H groups in total. The molecule has 0 unspecified atom stereocenters. The summed E-state index contributed by atoms with van der Waals surface area (Å²) in [5, 5.41) is 14.4. The van der Waals surface area contributed by atoms with Crippen molar-refractivity contribution in [1.29, 1.82) is 5.26 Å². The Morgan fingerprint density at radius 2 is 1.92 bits per heavy atom. The van der Waals surface area contributed by atoms with E-state index in [0.29, 0.717) is 5.56 Å². The largest absolute Gasteiger partial charge is 0.338 e. The fraction of sp³-hybridized carbons (Fsp3) is 0.444. The van der Waals surface area contributed by atoms with Gasteiger partial charge >= 0.3 is 6.03 Å². The molecule has 25 heavy (non-hydrogen) atoms. The van der Waals surface area contributed by atoms with Gasteiger partial charge in [0.2, 0.25) is 5.91 Å². The standard InChI is InChI=1S/C18H22N4O3/c1-17(2,3)13(10-19)20-14(23)11-22-15(24)18(4,21-16(22)25)12-8-6-5-7-9-12/h5-9,13H,11H2,1-4H3,(H,20,23)(H,21,25)/t13-,18-/m1/s1. The molecule has 0 saturated carbocycles. The fourth-order valence-corrected chi connectivity index (χ4v) is 2.60. The van der Waals surface area contributed by atoms with Crippen LogP contribution in [0.15, 0.2) is 30.3 Å². The first-order valence-corrected chi connectivity index (χ1v) is 7.98. The fourth-order valence-electron chi connectivity index (χ4n) is 2.60. The summed E-state index contributed by atoms with van der Waals surface area (Å²) in [4.78, 5) is 38.0. The van der Waals surface area contributed by atoms with Crippen molar-refractivity contribution in [2.45, 2.75) is 39.3 Å².